The third kappa shape index (κ3) is 5.95. The van der Waals surface area contributed by atoms with Crippen molar-refractivity contribution in [3.8, 4) is 11.3 Å². The second kappa shape index (κ2) is 10.4. The highest BCUT2D eigenvalue weighted by atomic mass is 16.3. The number of imidazole rings is 1. The zero-order valence-electron chi connectivity index (χ0n) is 22.1. The summed E-state index contributed by atoms with van der Waals surface area (Å²) in [5.74, 6) is 0.591. The molecule has 9 nitrogen and oxygen atoms in total. The van der Waals surface area contributed by atoms with E-state index >= 15 is 0 Å². The monoisotopic (exact) mass is 513 g/mol. The molecule has 38 heavy (non-hydrogen) atoms. The number of carbonyl (C=O) groups is 1. The quantitative estimate of drug-likeness (QED) is 0.217. The Labute approximate surface area is 222 Å². The van der Waals surface area contributed by atoms with Crippen LogP contribution in [0.15, 0.2) is 54.7 Å². The van der Waals surface area contributed by atoms with Gasteiger partial charge in [0.15, 0.2) is 11.5 Å². The zero-order chi connectivity index (χ0) is 26.9. The molecule has 6 N–H and O–H groups in total. The molecule has 5 rings (SSSR count). The van der Waals surface area contributed by atoms with E-state index in [1.165, 1.54) is 5.56 Å². The Balaban J connectivity index is 1.50. The van der Waals surface area contributed by atoms with Gasteiger partial charge in [-0.15, -0.1) is 5.10 Å². The van der Waals surface area contributed by atoms with Crippen LogP contribution in [0.2, 0.25) is 0 Å². The molecule has 0 saturated heterocycles. The van der Waals surface area contributed by atoms with Crippen LogP contribution in [-0.4, -0.2) is 50.3 Å². The molecule has 9 heteroatoms. The predicted octanol–water partition coefficient (Wildman–Crippen LogP) is 4.02. The number of hydrogen-bond donors (Lipinski definition) is 5. The molecule has 1 fully saturated rings. The third-order valence-corrected chi connectivity index (χ3v) is 6.52. The highest BCUT2D eigenvalue weighted by Gasteiger charge is 2.24. The zero-order valence-corrected chi connectivity index (χ0v) is 22.1. The van der Waals surface area contributed by atoms with Gasteiger partial charge in [-0.05, 0) is 82.0 Å². The average molecular weight is 514 g/mol. The summed E-state index contributed by atoms with van der Waals surface area (Å²) >= 11 is 0. The minimum absolute atomic E-state index is 0.0325. The van der Waals surface area contributed by atoms with E-state index in [1.54, 1.807) is 24.6 Å². The maximum absolute atomic E-state index is 12.6. The van der Waals surface area contributed by atoms with Crippen molar-refractivity contribution in [3.05, 3.63) is 71.4 Å². The Hall–Kier alpha value is -3.95. The fourth-order valence-corrected chi connectivity index (χ4v) is 4.31. The average Bonchev–Trinajstić information content (AvgIpc) is 3.58. The van der Waals surface area contributed by atoms with Gasteiger partial charge in [-0.3, -0.25) is 4.79 Å². The number of fused-ring (bicyclic) bond motifs is 1. The maximum Gasteiger partial charge on any atom is 0.251 e. The van der Waals surface area contributed by atoms with Crippen molar-refractivity contribution in [2.45, 2.75) is 51.7 Å². The summed E-state index contributed by atoms with van der Waals surface area (Å²) < 4.78 is 1.79. The molecule has 2 heterocycles. The van der Waals surface area contributed by atoms with E-state index in [0.717, 1.165) is 47.5 Å². The van der Waals surface area contributed by atoms with Crippen LogP contribution in [0, 0.1) is 6.92 Å². The molecule has 0 spiro atoms. The molecule has 0 atom stereocenters. The molecular weight excluding hydrogens is 478 g/mol. The largest absolute Gasteiger partial charge is 0.389 e. The van der Waals surface area contributed by atoms with Crippen molar-refractivity contribution in [1.82, 2.24) is 19.9 Å². The summed E-state index contributed by atoms with van der Waals surface area (Å²) in [6, 6.07) is 16.1. The summed E-state index contributed by atoms with van der Waals surface area (Å²) in [6.07, 6.45) is 4.71. The first-order valence-electron chi connectivity index (χ1n) is 13.0. The van der Waals surface area contributed by atoms with Crippen molar-refractivity contribution >= 4 is 28.7 Å². The number of carbonyl (C=O) groups excluding carboxylic acids is 1. The fraction of sp³-hybridized carbons (Fsp3) is 0.345. The molecule has 2 aromatic carbocycles. The number of rotatable bonds is 10. The SMILES string of the molecule is Cc1cc(-c2cnc3c(NCC(C)(C)O)cc(Nc4ccc(CCN)cc4)nn23)ccc1C(=O)NC1CC1. The summed E-state index contributed by atoms with van der Waals surface area (Å²) in [4.78, 5) is 17.3. The molecule has 2 aromatic heterocycles. The van der Waals surface area contributed by atoms with Crippen LogP contribution in [-0.2, 0) is 6.42 Å². The number of benzene rings is 2. The van der Waals surface area contributed by atoms with Crippen LogP contribution in [0.4, 0.5) is 17.2 Å². The number of aliphatic hydroxyl groups is 1. The van der Waals surface area contributed by atoms with Gasteiger partial charge in [0.1, 0.15) is 0 Å². The van der Waals surface area contributed by atoms with Crippen molar-refractivity contribution in [1.29, 1.82) is 0 Å². The van der Waals surface area contributed by atoms with Gasteiger partial charge in [0, 0.05) is 35.5 Å². The van der Waals surface area contributed by atoms with Crippen LogP contribution >= 0.6 is 0 Å². The van der Waals surface area contributed by atoms with Crippen LogP contribution in [0.1, 0.15) is 48.2 Å². The maximum atomic E-state index is 12.6. The molecule has 1 saturated carbocycles. The number of hydrogen-bond acceptors (Lipinski definition) is 7. The lowest BCUT2D eigenvalue weighted by Crippen LogP contribution is -2.29. The predicted molar refractivity (Wildman–Crippen MR) is 151 cm³/mol. The van der Waals surface area contributed by atoms with Crippen molar-refractivity contribution in [2.75, 3.05) is 23.7 Å². The number of aromatic nitrogens is 3. The molecule has 1 amide bonds. The smallest absolute Gasteiger partial charge is 0.251 e. The van der Waals surface area contributed by atoms with Gasteiger partial charge >= 0.3 is 0 Å². The lowest BCUT2D eigenvalue weighted by atomic mass is 10.0. The molecule has 198 valence electrons. The molecule has 4 aromatic rings. The first-order valence-corrected chi connectivity index (χ1v) is 13.0. The van der Waals surface area contributed by atoms with Crippen LogP contribution in [0.5, 0.6) is 0 Å². The highest BCUT2D eigenvalue weighted by molar-refractivity contribution is 5.96. The molecular formula is C29H35N7O2. The lowest BCUT2D eigenvalue weighted by molar-refractivity contribution is 0.0940. The fourth-order valence-electron chi connectivity index (χ4n) is 4.31. The Bertz CT molecular complexity index is 1450. The van der Waals surface area contributed by atoms with E-state index in [1.807, 2.05) is 55.5 Å². The summed E-state index contributed by atoms with van der Waals surface area (Å²) in [5, 5.41) is 24.9. The normalized spacial score (nSPS) is 13.5. The summed E-state index contributed by atoms with van der Waals surface area (Å²) in [6.45, 7) is 6.39. The van der Waals surface area contributed by atoms with E-state index in [-0.39, 0.29) is 5.91 Å². The van der Waals surface area contributed by atoms with Gasteiger partial charge in [-0.2, -0.15) is 0 Å². The van der Waals surface area contributed by atoms with E-state index in [2.05, 4.69) is 20.9 Å². The van der Waals surface area contributed by atoms with Crippen molar-refractivity contribution in [2.24, 2.45) is 5.73 Å². The molecule has 0 aliphatic heterocycles. The lowest BCUT2D eigenvalue weighted by Gasteiger charge is -2.19. The number of amides is 1. The van der Waals surface area contributed by atoms with E-state index in [9.17, 15) is 9.90 Å². The second-order valence-electron chi connectivity index (χ2n) is 10.6. The van der Waals surface area contributed by atoms with Crippen molar-refractivity contribution in [3.63, 3.8) is 0 Å². The van der Waals surface area contributed by atoms with Gasteiger partial charge in [-0.25, -0.2) is 9.50 Å². The first-order chi connectivity index (χ1) is 18.2. The van der Waals surface area contributed by atoms with Gasteiger partial charge in [0.05, 0.1) is 23.2 Å². The molecule has 0 unspecified atom stereocenters. The van der Waals surface area contributed by atoms with Gasteiger partial charge in [-0.1, -0.05) is 18.2 Å². The van der Waals surface area contributed by atoms with Gasteiger partial charge in [0.2, 0.25) is 0 Å². The first kappa shape index (κ1) is 25.7. The van der Waals surface area contributed by atoms with Crippen LogP contribution < -0.4 is 21.7 Å². The number of anilines is 3. The Morgan fingerprint density at radius 2 is 1.92 bits per heavy atom. The topological polar surface area (TPSA) is 130 Å². The van der Waals surface area contributed by atoms with E-state index in [4.69, 9.17) is 10.8 Å². The minimum atomic E-state index is -0.907. The summed E-state index contributed by atoms with van der Waals surface area (Å²) in [5.41, 5.74) is 11.5. The van der Waals surface area contributed by atoms with E-state index < -0.39 is 5.60 Å². The Morgan fingerprint density at radius 1 is 1.16 bits per heavy atom. The van der Waals surface area contributed by atoms with Crippen LogP contribution in [0.25, 0.3) is 16.9 Å². The molecule has 0 bridgehead atoms. The van der Waals surface area contributed by atoms with E-state index in [0.29, 0.717) is 36.2 Å². The number of nitrogens with zero attached hydrogens (tertiary/aromatic N) is 3. The number of nitrogens with one attached hydrogen (secondary N) is 3. The standard InChI is InChI=1S/C29H35N7O2/c1-18-14-20(6-11-23(18)28(37)34-22-9-10-22)25-16-31-27-24(32-17-29(2,3)38)15-26(35-36(25)27)33-21-7-4-19(5-8-21)12-13-30/h4-8,11,14-16,22,32,38H,9-10,12-13,17,30H2,1-3H3,(H,33,35)(H,34,37). The highest BCUT2D eigenvalue weighted by Crippen LogP contribution is 2.29. The molecule has 0 radical (unpaired) electrons. The van der Waals surface area contributed by atoms with Gasteiger partial charge in [0.25, 0.3) is 5.91 Å². The summed E-state index contributed by atoms with van der Waals surface area (Å²) in [7, 11) is 0. The molecule has 1 aliphatic rings. The Kier molecular flexibility index (Phi) is 7.05. The number of aryl methyl sites for hydroxylation is 1. The second-order valence-corrected chi connectivity index (χ2v) is 10.6. The Morgan fingerprint density at radius 3 is 2.58 bits per heavy atom. The minimum Gasteiger partial charge on any atom is -0.389 e. The third-order valence-electron chi connectivity index (χ3n) is 6.52. The number of nitrogens with two attached hydrogens (primary N) is 1. The van der Waals surface area contributed by atoms with Gasteiger partial charge < -0.3 is 26.8 Å². The molecule has 1 aliphatic carbocycles. The van der Waals surface area contributed by atoms with Crippen LogP contribution in [0.3, 0.4) is 0 Å². The van der Waals surface area contributed by atoms with Crippen molar-refractivity contribution < 1.29 is 9.90 Å².